The van der Waals surface area contributed by atoms with Crippen molar-refractivity contribution in [3.8, 4) is 0 Å². The van der Waals surface area contributed by atoms with E-state index in [1.54, 1.807) is 12.1 Å². The van der Waals surface area contributed by atoms with Gasteiger partial charge in [-0.25, -0.2) is 12.8 Å². The SMILES string of the molecule is O=C(Nc1ccc(S(=O)(=O)N2CCCCCC2)cc1)c1ccc(F)cc1. The molecule has 0 radical (unpaired) electrons. The Hall–Kier alpha value is -2.25. The summed E-state index contributed by atoms with van der Waals surface area (Å²) in [6.07, 6.45) is 3.87. The Balaban J connectivity index is 1.71. The highest BCUT2D eigenvalue weighted by Crippen LogP contribution is 2.22. The molecule has 0 atom stereocenters. The number of halogens is 1. The first-order chi connectivity index (χ1) is 12.5. The fourth-order valence-corrected chi connectivity index (χ4v) is 4.46. The maximum absolute atomic E-state index is 12.9. The number of sulfonamides is 1. The van der Waals surface area contributed by atoms with Crippen molar-refractivity contribution in [1.82, 2.24) is 4.31 Å². The van der Waals surface area contributed by atoms with E-state index in [0.29, 0.717) is 24.3 Å². The van der Waals surface area contributed by atoms with Crippen LogP contribution in [-0.2, 0) is 10.0 Å². The predicted octanol–water partition coefficient (Wildman–Crippen LogP) is 3.64. The maximum atomic E-state index is 12.9. The second-order valence-electron chi connectivity index (χ2n) is 6.30. The van der Waals surface area contributed by atoms with Gasteiger partial charge in [0.25, 0.3) is 5.91 Å². The van der Waals surface area contributed by atoms with E-state index in [0.717, 1.165) is 25.7 Å². The lowest BCUT2D eigenvalue weighted by Gasteiger charge is -2.20. The molecule has 0 aromatic heterocycles. The van der Waals surface area contributed by atoms with E-state index in [9.17, 15) is 17.6 Å². The molecule has 0 unspecified atom stereocenters. The molecule has 5 nitrogen and oxygen atoms in total. The summed E-state index contributed by atoms with van der Waals surface area (Å²) in [5.74, 6) is -0.794. The van der Waals surface area contributed by atoms with Gasteiger partial charge in [-0.15, -0.1) is 0 Å². The standard InChI is InChI=1S/C19H21FN2O3S/c20-16-7-5-15(6-8-16)19(23)21-17-9-11-18(12-10-17)26(24,25)22-13-3-1-2-4-14-22/h5-12H,1-4,13-14H2,(H,21,23). The number of carbonyl (C=O) groups is 1. The topological polar surface area (TPSA) is 66.5 Å². The zero-order valence-corrected chi connectivity index (χ0v) is 15.1. The van der Waals surface area contributed by atoms with E-state index in [4.69, 9.17) is 0 Å². The van der Waals surface area contributed by atoms with Crippen LogP contribution in [0.25, 0.3) is 0 Å². The van der Waals surface area contributed by atoms with Gasteiger partial charge < -0.3 is 5.32 Å². The van der Waals surface area contributed by atoms with Gasteiger partial charge in [-0.3, -0.25) is 4.79 Å². The Morgan fingerprint density at radius 1 is 0.885 bits per heavy atom. The Bertz CT molecular complexity index is 857. The number of carbonyl (C=O) groups excluding carboxylic acids is 1. The Morgan fingerprint density at radius 2 is 1.46 bits per heavy atom. The minimum atomic E-state index is -3.51. The van der Waals surface area contributed by atoms with Crippen molar-refractivity contribution in [3.05, 3.63) is 59.9 Å². The molecule has 1 aliphatic heterocycles. The molecule has 1 saturated heterocycles. The van der Waals surface area contributed by atoms with Gasteiger partial charge in [0.2, 0.25) is 10.0 Å². The molecule has 3 rings (SSSR count). The lowest BCUT2D eigenvalue weighted by molar-refractivity contribution is 0.102. The van der Waals surface area contributed by atoms with Crippen LogP contribution in [0.15, 0.2) is 53.4 Å². The van der Waals surface area contributed by atoms with Gasteiger partial charge in [-0.05, 0) is 61.4 Å². The highest BCUT2D eigenvalue weighted by atomic mass is 32.2. The molecular formula is C19H21FN2O3S. The lowest BCUT2D eigenvalue weighted by atomic mass is 10.2. The number of hydrogen-bond donors (Lipinski definition) is 1. The van der Waals surface area contributed by atoms with Crippen LogP contribution in [0.5, 0.6) is 0 Å². The average Bonchev–Trinajstić information content (AvgIpc) is 2.93. The molecule has 26 heavy (non-hydrogen) atoms. The van der Waals surface area contributed by atoms with Crippen LogP contribution in [0.2, 0.25) is 0 Å². The summed E-state index contributed by atoms with van der Waals surface area (Å²) in [7, 11) is -3.51. The van der Waals surface area contributed by atoms with Crippen LogP contribution < -0.4 is 5.32 Å². The monoisotopic (exact) mass is 376 g/mol. The van der Waals surface area contributed by atoms with Crippen LogP contribution in [0.4, 0.5) is 10.1 Å². The van der Waals surface area contributed by atoms with Gasteiger partial charge in [0, 0.05) is 24.3 Å². The smallest absolute Gasteiger partial charge is 0.255 e. The van der Waals surface area contributed by atoms with Crippen LogP contribution in [-0.4, -0.2) is 31.7 Å². The predicted molar refractivity (Wildman–Crippen MR) is 98.0 cm³/mol. The molecule has 1 aliphatic rings. The molecule has 0 aliphatic carbocycles. The van der Waals surface area contributed by atoms with Crippen molar-refractivity contribution in [3.63, 3.8) is 0 Å². The molecule has 1 heterocycles. The molecule has 1 amide bonds. The lowest BCUT2D eigenvalue weighted by Crippen LogP contribution is -2.31. The first kappa shape index (κ1) is 18.5. The van der Waals surface area contributed by atoms with E-state index in [1.165, 1.54) is 40.7 Å². The summed E-state index contributed by atoms with van der Waals surface area (Å²) in [6.45, 7) is 1.09. The van der Waals surface area contributed by atoms with Crippen molar-refractivity contribution in [2.24, 2.45) is 0 Å². The average molecular weight is 376 g/mol. The highest BCUT2D eigenvalue weighted by molar-refractivity contribution is 7.89. The number of hydrogen-bond acceptors (Lipinski definition) is 3. The number of rotatable bonds is 4. The number of nitrogens with one attached hydrogen (secondary N) is 1. The summed E-state index contributed by atoms with van der Waals surface area (Å²) < 4.78 is 39.9. The van der Waals surface area contributed by atoms with Crippen molar-refractivity contribution < 1.29 is 17.6 Å². The summed E-state index contributed by atoms with van der Waals surface area (Å²) in [4.78, 5) is 12.4. The second-order valence-corrected chi connectivity index (χ2v) is 8.24. The van der Waals surface area contributed by atoms with Gasteiger partial charge in [-0.2, -0.15) is 4.31 Å². The molecule has 1 N–H and O–H groups in total. The fourth-order valence-electron chi connectivity index (χ4n) is 2.95. The molecule has 0 bridgehead atoms. The summed E-state index contributed by atoms with van der Waals surface area (Å²) in [6, 6.07) is 11.3. The molecule has 2 aromatic rings. The Morgan fingerprint density at radius 3 is 2.04 bits per heavy atom. The van der Waals surface area contributed by atoms with Crippen LogP contribution in [0.1, 0.15) is 36.0 Å². The first-order valence-electron chi connectivity index (χ1n) is 8.64. The number of benzene rings is 2. The van der Waals surface area contributed by atoms with Crippen LogP contribution in [0.3, 0.4) is 0 Å². The zero-order valence-electron chi connectivity index (χ0n) is 14.3. The molecule has 0 spiro atoms. The van der Waals surface area contributed by atoms with Gasteiger partial charge in [0.15, 0.2) is 0 Å². The van der Waals surface area contributed by atoms with Gasteiger partial charge >= 0.3 is 0 Å². The fraction of sp³-hybridized carbons (Fsp3) is 0.316. The second kappa shape index (κ2) is 7.97. The minimum Gasteiger partial charge on any atom is -0.322 e. The molecule has 2 aromatic carbocycles. The molecular weight excluding hydrogens is 355 g/mol. The first-order valence-corrected chi connectivity index (χ1v) is 10.1. The van der Waals surface area contributed by atoms with Crippen LogP contribution in [0, 0.1) is 5.82 Å². The largest absolute Gasteiger partial charge is 0.322 e. The summed E-state index contributed by atoms with van der Waals surface area (Å²) in [5, 5.41) is 2.68. The van der Waals surface area contributed by atoms with E-state index in [2.05, 4.69) is 5.32 Å². The minimum absolute atomic E-state index is 0.221. The zero-order chi connectivity index (χ0) is 18.6. The molecule has 138 valence electrons. The van der Waals surface area contributed by atoms with E-state index >= 15 is 0 Å². The summed E-state index contributed by atoms with van der Waals surface area (Å²) >= 11 is 0. The van der Waals surface area contributed by atoms with Gasteiger partial charge in [0.1, 0.15) is 5.82 Å². The Labute approximate surface area is 152 Å². The third-order valence-corrected chi connectivity index (χ3v) is 6.33. The normalized spacial score (nSPS) is 16.0. The van der Waals surface area contributed by atoms with Crippen molar-refractivity contribution >= 4 is 21.6 Å². The van der Waals surface area contributed by atoms with Gasteiger partial charge in [0.05, 0.1) is 4.90 Å². The molecule has 1 fully saturated rings. The van der Waals surface area contributed by atoms with Crippen molar-refractivity contribution in [2.75, 3.05) is 18.4 Å². The third kappa shape index (κ3) is 4.28. The van der Waals surface area contributed by atoms with Crippen molar-refractivity contribution in [1.29, 1.82) is 0 Å². The third-order valence-electron chi connectivity index (χ3n) is 4.42. The molecule has 0 saturated carbocycles. The van der Waals surface area contributed by atoms with Gasteiger partial charge in [-0.1, -0.05) is 12.8 Å². The Kier molecular flexibility index (Phi) is 5.68. The maximum Gasteiger partial charge on any atom is 0.255 e. The van der Waals surface area contributed by atoms with Crippen LogP contribution >= 0.6 is 0 Å². The van der Waals surface area contributed by atoms with E-state index in [1.807, 2.05) is 0 Å². The summed E-state index contributed by atoms with van der Waals surface area (Å²) in [5.41, 5.74) is 0.807. The highest BCUT2D eigenvalue weighted by Gasteiger charge is 2.24. The molecule has 7 heteroatoms. The number of nitrogens with zero attached hydrogens (tertiary/aromatic N) is 1. The van der Waals surface area contributed by atoms with E-state index < -0.39 is 15.8 Å². The van der Waals surface area contributed by atoms with E-state index in [-0.39, 0.29) is 10.8 Å². The quantitative estimate of drug-likeness (QED) is 0.886. The number of amides is 1. The number of anilines is 1. The van der Waals surface area contributed by atoms with Crippen molar-refractivity contribution in [2.45, 2.75) is 30.6 Å².